The number of H-pyrrole nitrogens is 2. The van der Waals surface area contributed by atoms with Crippen LogP contribution in [0, 0.1) is 0 Å². The minimum absolute atomic E-state index is 0.282. The average molecular weight is 186 g/mol. The Morgan fingerprint density at radius 3 is 1.93 bits per heavy atom. The summed E-state index contributed by atoms with van der Waals surface area (Å²) >= 11 is 0. The molecule has 5 heteroatoms. The van der Waals surface area contributed by atoms with Crippen LogP contribution in [0.5, 0.6) is 0 Å². The Balaban J connectivity index is 2.57. The van der Waals surface area contributed by atoms with E-state index in [4.69, 9.17) is 0 Å². The molecule has 3 rings (SSSR count). The molecule has 0 saturated heterocycles. The van der Waals surface area contributed by atoms with Gasteiger partial charge in [0.1, 0.15) is 0 Å². The maximum Gasteiger partial charge on any atom is 0.326 e. The van der Waals surface area contributed by atoms with Crippen molar-refractivity contribution in [1.29, 1.82) is 0 Å². The van der Waals surface area contributed by atoms with E-state index in [-0.39, 0.29) is 5.69 Å². The van der Waals surface area contributed by atoms with Crippen LogP contribution in [0.2, 0.25) is 0 Å². The number of fused-ring (bicyclic) bond motifs is 2. The van der Waals surface area contributed by atoms with Gasteiger partial charge < -0.3 is 0 Å². The van der Waals surface area contributed by atoms with Crippen molar-refractivity contribution in [3.63, 3.8) is 0 Å². The van der Waals surface area contributed by atoms with E-state index in [1.54, 1.807) is 0 Å². The molecule has 14 heavy (non-hydrogen) atoms. The number of hydrogen-bond acceptors (Lipinski definition) is 3. The van der Waals surface area contributed by atoms with Gasteiger partial charge in [0.15, 0.2) is 11.3 Å². The van der Waals surface area contributed by atoms with Crippen LogP contribution < -0.4 is 5.69 Å². The molecule has 0 spiro atoms. The summed E-state index contributed by atoms with van der Waals surface area (Å²) in [6, 6.07) is 7.47. The molecule has 1 aromatic carbocycles. The number of aromatic amines is 2. The second kappa shape index (κ2) is 2.41. The number of benzene rings is 1. The molecule has 2 N–H and O–H groups in total. The number of aromatic nitrogens is 4. The van der Waals surface area contributed by atoms with Crippen molar-refractivity contribution >= 4 is 22.3 Å². The highest BCUT2D eigenvalue weighted by atomic mass is 16.1. The average Bonchev–Trinajstić information content (AvgIpc) is 2.53. The van der Waals surface area contributed by atoms with Gasteiger partial charge in [-0.3, -0.25) is 9.97 Å². The van der Waals surface area contributed by atoms with Crippen molar-refractivity contribution in [3.8, 4) is 0 Å². The fourth-order valence-electron chi connectivity index (χ4n) is 1.42. The van der Waals surface area contributed by atoms with E-state index in [1.165, 1.54) is 0 Å². The maximum atomic E-state index is 11.0. The Morgan fingerprint density at radius 2 is 1.43 bits per heavy atom. The molecule has 0 unspecified atom stereocenters. The van der Waals surface area contributed by atoms with Gasteiger partial charge in [0.05, 0.1) is 11.0 Å². The Bertz CT molecular complexity index is 611. The van der Waals surface area contributed by atoms with E-state index in [0.29, 0.717) is 11.3 Å². The number of nitrogens with zero attached hydrogens (tertiary/aromatic N) is 2. The molecule has 0 fully saturated rings. The van der Waals surface area contributed by atoms with Crippen molar-refractivity contribution in [2.24, 2.45) is 0 Å². The van der Waals surface area contributed by atoms with Gasteiger partial charge in [-0.05, 0) is 12.1 Å². The molecule has 5 nitrogen and oxygen atoms in total. The molecule has 0 aliphatic carbocycles. The summed E-state index contributed by atoms with van der Waals surface area (Å²) in [4.78, 5) is 24.6. The zero-order chi connectivity index (χ0) is 9.54. The van der Waals surface area contributed by atoms with E-state index >= 15 is 0 Å². The van der Waals surface area contributed by atoms with Crippen molar-refractivity contribution < 1.29 is 0 Å². The molecule has 3 aromatic rings. The summed E-state index contributed by atoms with van der Waals surface area (Å²) in [6.45, 7) is 0. The first-order chi connectivity index (χ1) is 6.83. The lowest BCUT2D eigenvalue weighted by Gasteiger charge is -1.94. The zero-order valence-corrected chi connectivity index (χ0v) is 7.11. The van der Waals surface area contributed by atoms with E-state index < -0.39 is 0 Å². The number of para-hydroxylation sites is 2. The topological polar surface area (TPSA) is 74.4 Å². The first-order valence-electron chi connectivity index (χ1n) is 4.18. The van der Waals surface area contributed by atoms with Crippen LogP contribution in [0.25, 0.3) is 22.3 Å². The highest BCUT2D eigenvalue weighted by Gasteiger charge is 2.02. The SMILES string of the molecule is O=c1[nH]c2nc3ccccc3nc2[nH]1. The lowest BCUT2D eigenvalue weighted by Crippen LogP contribution is -1.99. The highest BCUT2D eigenvalue weighted by molar-refractivity contribution is 5.82. The van der Waals surface area contributed by atoms with Crippen molar-refractivity contribution in [2.45, 2.75) is 0 Å². The molecule has 0 radical (unpaired) electrons. The molecule has 0 aliphatic heterocycles. The smallest absolute Gasteiger partial charge is 0.289 e. The lowest BCUT2D eigenvalue weighted by molar-refractivity contribution is 1.20. The van der Waals surface area contributed by atoms with Crippen LogP contribution >= 0.6 is 0 Å². The lowest BCUT2D eigenvalue weighted by atomic mass is 10.3. The Labute approximate surface area is 77.8 Å². The first kappa shape index (κ1) is 7.25. The third-order valence-corrected chi connectivity index (χ3v) is 2.03. The van der Waals surface area contributed by atoms with E-state index in [1.807, 2.05) is 24.3 Å². The molecule has 68 valence electrons. The van der Waals surface area contributed by atoms with Gasteiger partial charge in [0.2, 0.25) is 0 Å². The predicted octanol–water partition coefficient (Wildman–Crippen LogP) is 0.799. The Hall–Kier alpha value is -2.17. The summed E-state index contributed by atoms with van der Waals surface area (Å²) in [5.74, 6) is 0. The molecule has 0 atom stereocenters. The van der Waals surface area contributed by atoms with Crippen molar-refractivity contribution in [2.75, 3.05) is 0 Å². The normalized spacial score (nSPS) is 11.1. The molecule has 0 bridgehead atoms. The summed E-state index contributed by atoms with van der Waals surface area (Å²) < 4.78 is 0. The highest BCUT2D eigenvalue weighted by Crippen LogP contribution is 2.10. The van der Waals surface area contributed by atoms with E-state index in [0.717, 1.165) is 11.0 Å². The summed E-state index contributed by atoms with van der Waals surface area (Å²) in [7, 11) is 0. The van der Waals surface area contributed by atoms with Crippen molar-refractivity contribution in [1.82, 2.24) is 19.9 Å². The molecule has 2 heterocycles. The van der Waals surface area contributed by atoms with Gasteiger partial charge in [-0.25, -0.2) is 14.8 Å². The van der Waals surface area contributed by atoms with Crippen LogP contribution in [0.15, 0.2) is 29.1 Å². The van der Waals surface area contributed by atoms with Crippen LogP contribution in [0.1, 0.15) is 0 Å². The minimum Gasteiger partial charge on any atom is -0.289 e. The van der Waals surface area contributed by atoms with Gasteiger partial charge in [0, 0.05) is 0 Å². The van der Waals surface area contributed by atoms with Gasteiger partial charge in [0.25, 0.3) is 0 Å². The third-order valence-electron chi connectivity index (χ3n) is 2.03. The number of rotatable bonds is 0. The fraction of sp³-hybridized carbons (Fsp3) is 0. The summed E-state index contributed by atoms with van der Waals surface area (Å²) in [6.07, 6.45) is 0. The molecular formula is C9H6N4O. The van der Waals surface area contributed by atoms with Crippen LogP contribution in [0.4, 0.5) is 0 Å². The van der Waals surface area contributed by atoms with Crippen LogP contribution in [0.3, 0.4) is 0 Å². The van der Waals surface area contributed by atoms with E-state index in [9.17, 15) is 4.79 Å². The minimum atomic E-state index is -0.282. The number of nitrogens with one attached hydrogen (secondary N) is 2. The fourth-order valence-corrected chi connectivity index (χ4v) is 1.42. The second-order valence-electron chi connectivity index (χ2n) is 2.99. The molecule has 0 amide bonds. The first-order valence-corrected chi connectivity index (χ1v) is 4.18. The third kappa shape index (κ3) is 0.922. The van der Waals surface area contributed by atoms with Gasteiger partial charge >= 0.3 is 5.69 Å². The van der Waals surface area contributed by atoms with Crippen LogP contribution in [-0.4, -0.2) is 19.9 Å². The maximum absolute atomic E-state index is 11.0. The van der Waals surface area contributed by atoms with Gasteiger partial charge in [-0.2, -0.15) is 0 Å². The standard InChI is InChI=1S/C9H6N4O/c14-9-12-7-8(13-9)11-6-4-2-1-3-5(6)10-7/h1-4H,(H2,10,11,12,13,14). The quantitative estimate of drug-likeness (QED) is 0.545. The van der Waals surface area contributed by atoms with Crippen molar-refractivity contribution in [3.05, 3.63) is 34.7 Å². The predicted molar refractivity (Wildman–Crippen MR) is 52.0 cm³/mol. The zero-order valence-electron chi connectivity index (χ0n) is 7.11. The number of hydrogen-bond donors (Lipinski definition) is 2. The molecule has 2 aromatic heterocycles. The Kier molecular flexibility index (Phi) is 1.25. The van der Waals surface area contributed by atoms with E-state index in [2.05, 4.69) is 19.9 Å². The van der Waals surface area contributed by atoms with Crippen LogP contribution in [-0.2, 0) is 0 Å². The largest absolute Gasteiger partial charge is 0.326 e. The second-order valence-corrected chi connectivity index (χ2v) is 2.99. The molecule has 0 aliphatic rings. The van der Waals surface area contributed by atoms with Gasteiger partial charge in [-0.15, -0.1) is 0 Å². The Morgan fingerprint density at radius 1 is 0.929 bits per heavy atom. The summed E-state index contributed by atoms with van der Waals surface area (Å²) in [5.41, 5.74) is 2.25. The van der Waals surface area contributed by atoms with Gasteiger partial charge in [-0.1, -0.05) is 12.1 Å². The summed E-state index contributed by atoms with van der Waals surface area (Å²) in [5, 5.41) is 0. The number of imidazole rings is 1. The molecule has 0 saturated carbocycles. The molecular weight excluding hydrogens is 180 g/mol. The monoisotopic (exact) mass is 186 g/mol.